The highest BCUT2D eigenvalue weighted by Gasteiger charge is 2.19. The SMILES string of the molecule is CC/C(=C/C(C)CC)CNC1CC1. The minimum absolute atomic E-state index is 0.746. The molecule has 1 unspecified atom stereocenters. The predicted molar refractivity (Wildman–Crippen MR) is 58.9 cm³/mol. The van der Waals surface area contributed by atoms with Crippen molar-refractivity contribution in [1.29, 1.82) is 0 Å². The number of rotatable bonds is 6. The predicted octanol–water partition coefficient (Wildman–Crippen LogP) is 3.12. The zero-order valence-electron chi connectivity index (χ0n) is 9.27. The van der Waals surface area contributed by atoms with Gasteiger partial charge < -0.3 is 5.32 Å². The van der Waals surface area contributed by atoms with E-state index < -0.39 is 0 Å². The van der Waals surface area contributed by atoms with Gasteiger partial charge in [-0.05, 0) is 25.2 Å². The maximum absolute atomic E-state index is 3.57. The van der Waals surface area contributed by atoms with Crippen LogP contribution in [0, 0.1) is 5.92 Å². The summed E-state index contributed by atoms with van der Waals surface area (Å²) in [7, 11) is 0. The summed E-state index contributed by atoms with van der Waals surface area (Å²) in [5.74, 6) is 0.746. The van der Waals surface area contributed by atoms with E-state index in [-0.39, 0.29) is 0 Å². The molecular formula is C12H23N. The molecule has 0 spiro atoms. The fourth-order valence-corrected chi connectivity index (χ4v) is 1.38. The Labute approximate surface area is 82.6 Å². The fourth-order valence-electron chi connectivity index (χ4n) is 1.38. The Balaban J connectivity index is 2.26. The first-order valence-corrected chi connectivity index (χ1v) is 5.69. The van der Waals surface area contributed by atoms with Crippen LogP contribution in [0.3, 0.4) is 0 Å². The van der Waals surface area contributed by atoms with Gasteiger partial charge >= 0.3 is 0 Å². The van der Waals surface area contributed by atoms with E-state index in [0.717, 1.165) is 18.5 Å². The number of hydrogen-bond donors (Lipinski definition) is 1. The summed E-state index contributed by atoms with van der Waals surface area (Å²) in [5, 5.41) is 3.57. The molecule has 0 radical (unpaired) electrons. The highest BCUT2D eigenvalue weighted by molar-refractivity contribution is 5.06. The van der Waals surface area contributed by atoms with Gasteiger partial charge in [-0.2, -0.15) is 0 Å². The molecule has 0 heterocycles. The van der Waals surface area contributed by atoms with Crippen LogP contribution in [0.25, 0.3) is 0 Å². The van der Waals surface area contributed by atoms with Crippen LogP contribution in [0.4, 0.5) is 0 Å². The molecule has 1 aliphatic carbocycles. The molecule has 1 fully saturated rings. The van der Waals surface area contributed by atoms with E-state index >= 15 is 0 Å². The third-order valence-corrected chi connectivity index (χ3v) is 2.81. The normalized spacial score (nSPS) is 20.4. The van der Waals surface area contributed by atoms with E-state index in [9.17, 15) is 0 Å². The molecule has 0 aromatic rings. The number of hydrogen-bond acceptors (Lipinski definition) is 1. The smallest absolute Gasteiger partial charge is 0.0167 e. The van der Waals surface area contributed by atoms with Crippen molar-refractivity contribution in [2.45, 2.75) is 52.5 Å². The lowest BCUT2D eigenvalue weighted by Gasteiger charge is -2.09. The lowest BCUT2D eigenvalue weighted by Crippen LogP contribution is -2.19. The molecule has 76 valence electrons. The first kappa shape index (κ1) is 10.8. The van der Waals surface area contributed by atoms with Gasteiger partial charge in [0.1, 0.15) is 0 Å². The Bertz CT molecular complexity index is 168. The van der Waals surface area contributed by atoms with E-state index in [4.69, 9.17) is 0 Å². The molecule has 1 aliphatic rings. The second-order valence-corrected chi connectivity index (χ2v) is 4.22. The van der Waals surface area contributed by atoms with Crippen LogP contribution in [-0.2, 0) is 0 Å². The summed E-state index contributed by atoms with van der Waals surface area (Å²) in [6.45, 7) is 7.92. The standard InChI is InChI=1S/C12H23N/c1-4-10(3)8-11(5-2)9-13-12-6-7-12/h8,10,12-13H,4-7,9H2,1-3H3/b11-8-. The van der Waals surface area contributed by atoms with Crippen molar-refractivity contribution in [3.8, 4) is 0 Å². The molecule has 0 bridgehead atoms. The van der Waals surface area contributed by atoms with Crippen LogP contribution in [0.2, 0.25) is 0 Å². The second kappa shape index (κ2) is 5.43. The minimum Gasteiger partial charge on any atom is -0.310 e. The summed E-state index contributed by atoms with van der Waals surface area (Å²) < 4.78 is 0. The Hall–Kier alpha value is -0.300. The molecule has 13 heavy (non-hydrogen) atoms. The first-order valence-electron chi connectivity index (χ1n) is 5.69. The molecule has 1 nitrogen and oxygen atoms in total. The van der Waals surface area contributed by atoms with Crippen LogP contribution in [0.5, 0.6) is 0 Å². The van der Waals surface area contributed by atoms with Crippen LogP contribution in [-0.4, -0.2) is 12.6 Å². The van der Waals surface area contributed by atoms with E-state index in [1.165, 1.54) is 25.7 Å². The summed E-state index contributed by atoms with van der Waals surface area (Å²) in [6, 6.07) is 0.840. The van der Waals surface area contributed by atoms with Gasteiger partial charge in [0.15, 0.2) is 0 Å². The van der Waals surface area contributed by atoms with Crippen molar-refractivity contribution in [2.75, 3.05) is 6.54 Å². The highest BCUT2D eigenvalue weighted by Crippen LogP contribution is 2.19. The monoisotopic (exact) mass is 181 g/mol. The van der Waals surface area contributed by atoms with Gasteiger partial charge in [-0.25, -0.2) is 0 Å². The zero-order chi connectivity index (χ0) is 9.68. The maximum Gasteiger partial charge on any atom is 0.0167 e. The van der Waals surface area contributed by atoms with Gasteiger partial charge in [0, 0.05) is 12.6 Å². The molecule has 0 aromatic carbocycles. The lowest BCUT2D eigenvalue weighted by atomic mass is 10.0. The Kier molecular flexibility index (Phi) is 4.51. The molecule has 0 amide bonds. The molecule has 0 saturated heterocycles. The summed E-state index contributed by atoms with van der Waals surface area (Å²) >= 11 is 0. The molecule has 1 heteroatoms. The van der Waals surface area contributed by atoms with Gasteiger partial charge in [-0.1, -0.05) is 38.8 Å². The molecular weight excluding hydrogens is 158 g/mol. The van der Waals surface area contributed by atoms with Gasteiger partial charge in [0.25, 0.3) is 0 Å². The van der Waals surface area contributed by atoms with Gasteiger partial charge in [0.05, 0.1) is 0 Å². The second-order valence-electron chi connectivity index (χ2n) is 4.22. The van der Waals surface area contributed by atoms with Crippen LogP contribution in [0.1, 0.15) is 46.5 Å². The lowest BCUT2D eigenvalue weighted by molar-refractivity contribution is 0.667. The van der Waals surface area contributed by atoms with Crippen molar-refractivity contribution in [2.24, 2.45) is 5.92 Å². The van der Waals surface area contributed by atoms with Crippen molar-refractivity contribution < 1.29 is 0 Å². The minimum atomic E-state index is 0.746. The molecule has 1 atom stereocenters. The zero-order valence-corrected chi connectivity index (χ0v) is 9.27. The van der Waals surface area contributed by atoms with E-state index in [1.807, 2.05) is 0 Å². The molecule has 0 aromatic heterocycles. The Morgan fingerprint density at radius 1 is 1.46 bits per heavy atom. The van der Waals surface area contributed by atoms with Crippen molar-refractivity contribution in [1.82, 2.24) is 5.32 Å². The largest absolute Gasteiger partial charge is 0.310 e. The van der Waals surface area contributed by atoms with Gasteiger partial charge in [-0.3, -0.25) is 0 Å². The molecule has 1 saturated carbocycles. The maximum atomic E-state index is 3.57. The van der Waals surface area contributed by atoms with Crippen LogP contribution < -0.4 is 5.32 Å². The first-order chi connectivity index (χ1) is 6.26. The number of allylic oxidation sites excluding steroid dienone is 1. The van der Waals surface area contributed by atoms with E-state index in [0.29, 0.717) is 0 Å². The van der Waals surface area contributed by atoms with Crippen LogP contribution >= 0.6 is 0 Å². The third kappa shape index (κ3) is 4.47. The van der Waals surface area contributed by atoms with Crippen molar-refractivity contribution in [3.05, 3.63) is 11.6 Å². The van der Waals surface area contributed by atoms with Gasteiger partial charge in [-0.15, -0.1) is 0 Å². The Morgan fingerprint density at radius 2 is 2.15 bits per heavy atom. The quantitative estimate of drug-likeness (QED) is 0.621. The van der Waals surface area contributed by atoms with Crippen molar-refractivity contribution in [3.63, 3.8) is 0 Å². The molecule has 0 aliphatic heterocycles. The summed E-state index contributed by atoms with van der Waals surface area (Å²) in [5.41, 5.74) is 1.58. The number of nitrogens with one attached hydrogen (secondary N) is 1. The Morgan fingerprint density at radius 3 is 2.62 bits per heavy atom. The van der Waals surface area contributed by atoms with Crippen LogP contribution in [0.15, 0.2) is 11.6 Å². The van der Waals surface area contributed by atoms with Crippen molar-refractivity contribution >= 4 is 0 Å². The third-order valence-electron chi connectivity index (χ3n) is 2.81. The van der Waals surface area contributed by atoms with E-state index in [1.54, 1.807) is 5.57 Å². The molecule has 1 N–H and O–H groups in total. The molecule has 1 rings (SSSR count). The van der Waals surface area contributed by atoms with E-state index in [2.05, 4.69) is 32.2 Å². The average Bonchev–Trinajstić information content (AvgIpc) is 2.95. The fraction of sp³-hybridized carbons (Fsp3) is 0.833. The van der Waals surface area contributed by atoms with Gasteiger partial charge in [0.2, 0.25) is 0 Å². The summed E-state index contributed by atoms with van der Waals surface area (Å²) in [4.78, 5) is 0. The summed E-state index contributed by atoms with van der Waals surface area (Å²) in [6.07, 6.45) is 7.67. The highest BCUT2D eigenvalue weighted by atomic mass is 14.9. The average molecular weight is 181 g/mol. The topological polar surface area (TPSA) is 12.0 Å².